The van der Waals surface area contributed by atoms with Gasteiger partial charge in [-0.25, -0.2) is 0 Å². The summed E-state index contributed by atoms with van der Waals surface area (Å²) in [5.74, 6) is 1.17. The van der Waals surface area contributed by atoms with Crippen LogP contribution >= 0.6 is 0 Å². The van der Waals surface area contributed by atoms with E-state index < -0.39 is 6.04 Å². The predicted molar refractivity (Wildman–Crippen MR) is 118 cm³/mol. The Labute approximate surface area is 181 Å². The molecule has 1 unspecified atom stereocenters. The van der Waals surface area contributed by atoms with Crippen molar-refractivity contribution < 1.29 is 18.8 Å². The highest BCUT2D eigenvalue weighted by molar-refractivity contribution is 5.96. The Kier molecular flexibility index (Phi) is 7.40. The molecule has 162 valence electrons. The summed E-state index contributed by atoms with van der Waals surface area (Å²) in [7, 11) is 1.71. The highest BCUT2D eigenvalue weighted by atomic mass is 16.5. The fourth-order valence-corrected chi connectivity index (χ4v) is 2.79. The van der Waals surface area contributed by atoms with Gasteiger partial charge in [-0.2, -0.15) is 0 Å². The number of hydrogen-bond acceptors (Lipinski definition) is 6. The maximum absolute atomic E-state index is 12.5. The van der Waals surface area contributed by atoms with E-state index in [1.165, 1.54) is 0 Å². The lowest BCUT2D eigenvalue weighted by molar-refractivity contribution is -0.122. The second kappa shape index (κ2) is 10.4. The monoisotopic (exact) mass is 422 g/mol. The molecule has 31 heavy (non-hydrogen) atoms. The van der Waals surface area contributed by atoms with E-state index in [1.54, 1.807) is 56.1 Å². The minimum atomic E-state index is -0.515. The molecule has 0 spiro atoms. The number of rotatable bonds is 9. The van der Waals surface area contributed by atoms with Crippen molar-refractivity contribution >= 4 is 23.3 Å². The third-order valence-corrected chi connectivity index (χ3v) is 4.70. The number of benzene rings is 2. The van der Waals surface area contributed by atoms with E-state index in [0.717, 1.165) is 5.56 Å². The summed E-state index contributed by atoms with van der Waals surface area (Å²) >= 11 is 0. The van der Waals surface area contributed by atoms with E-state index in [4.69, 9.17) is 9.26 Å². The summed E-state index contributed by atoms with van der Waals surface area (Å²) in [6, 6.07) is 18.2. The minimum absolute atomic E-state index is 0.0345. The molecule has 8 nitrogen and oxygen atoms in total. The lowest BCUT2D eigenvalue weighted by atomic mass is 10.2. The molecule has 0 aliphatic heterocycles. The lowest BCUT2D eigenvalue weighted by Crippen LogP contribution is -2.43. The van der Waals surface area contributed by atoms with Crippen molar-refractivity contribution in [3.05, 3.63) is 72.0 Å². The van der Waals surface area contributed by atoms with E-state index in [0.29, 0.717) is 29.6 Å². The smallest absolute Gasteiger partial charge is 0.241 e. The maximum Gasteiger partial charge on any atom is 0.241 e. The van der Waals surface area contributed by atoms with Gasteiger partial charge in [-0.1, -0.05) is 35.5 Å². The first-order chi connectivity index (χ1) is 14.9. The molecule has 3 aromatic rings. The average molecular weight is 422 g/mol. The van der Waals surface area contributed by atoms with Crippen LogP contribution in [0.2, 0.25) is 0 Å². The van der Waals surface area contributed by atoms with Crippen LogP contribution in [0.15, 0.2) is 65.2 Å². The summed E-state index contributed by atoms with van der Waals surface area (Å²) in [4.78, 5) is 26.3. The largest absolute Gasteiger partial charge is 0.489 e. The van der Waals surface area contributed by atoms with E-state index in [2.05, 4.69) is 15.8 Å². The highest BCUT2D eigenvalue weighted by Gasteiger charge is 2.20. The predicted octanol–water partition coefficient (Wildman–Crippen LogP) is 3.46. The Morgan fingerprint density at radius 3 is 2.45 bits per heavy atom. The van der Waals surface area contributed by atoms with Crippen molar-refractivity contribution in [2.75, 3.05) is 24.2 Å². The number of ether oxygens (including phenoxy) is 1. The van der Waals surface area contributed by atoms with Gasteiger partial charge in [0, 0.05) is 11.8 Å². The van der Waals surface area contributed by atoms with Crippen LogP contribution in [0.4, 0.5) is 11.5 Å². The molecule has 0 saturated carbocycles. The van der Waals surface area contributed by atoms with Gasteiger partial charge in [0.15, 0.2) is 5.82 Å². The fourth-order valence-electron chi connectivity index (χ4n) is 2.79. The number of carbonyl (C=O) groups is 2. The topological polar surface area (TPSA) is 96.7 Å². The number of hydrogen-bond donors (Lipinski definition) is 2. The summed E-state index contributed by atoms with van der Waals surface area (Å²) in [5, 5.41) is 9.21. The molecule has 0 fully saturated rings. The minimum Gasteiger partial charge on any atom is -0.489 e. The van der Waals surface area contributed by atoms with Gasteiger partial charge in [0.25, 0.3) is 0 Å². The van der Waals surface area contributed by atoms with Crippen LogP contribution in [0.1, 0.15) is 18.2 Å². The summed E-state index contributed by atoms with van der Waals surface area (Å²) in [6.45, 7) is 3.99. The first-order valence-corrected chi connectivity index (χ1v) is 9.92. The van der Waals surface area contributed by atoms with Gasteiger partial charge in [0.2, 0.25) is 11.8 Å². The van der Waals surface area contributed by atoms with Crippen LogP contribution in [0.25, 0.3) is 0 Å². The highest BCUT2D eigenvalue weighted by Crippen LogP contribution is 2.17. The molecule has 0 aliphatic rings. The molecule has 0 bridgehead atoms. The number of nitrogens with zero attached hydrogens (tertiary/aromatic N) is 2. The van der Waals surface area contributed by atoms with Crippen LogP contribution in [0, 0.1) is 6.92 Å². The molecular formula is C23H26N4O4. The zero-order valence-corrected chi connectivity index (χ0v) is 17.8. The Morgan fingerprint density at radius 2 is 1.81 bits per heavy atom. The van der Waals surface area contributed by atoms with Crippen LogP contribution in [-0.4, -0.2) is 41.5 Å². The molecule has 2 aromatic carbocycles. The zero-order valence-electron chi connectivity index (χ0n) is 17.8. The number of carbonyl (C=O) groups excluding carboxylic acids is 2. The van der Waals surface area contributed by atoms with Gasteiger partial charge in [-0.05, 0) is 50.7 Å². The molecule has 1 aromatic heterocycles. The summed E-state index contributed by atoms with van der Waals surface area (Å²) < 4.78 is 10.7. The van der Waals surface area contributed by atoms with Crippen molar-refractivity contribution in [1.82, 2.24) is 10.1 Å². The van der Waals surface area contributed by atoms with Gasteiger partial charge in [0.1, 0.15) is 18.1 Å². The van der Waals surface area contributed by atoms with E-state index in [1.807, 2.05) is 30.3 Å². The zero-order chi connectivity index (χ0) is 22.2. The quantitative estimate of drug-likeness (QED) is 0.548. The molecule has 2 N–H and O–H groups in total. The van der Waals surface area contributed by atoms with Crippen molar-refractivity contribution in [1.29, 1.82) is 0 Å². The molecule has 0 aliphatic carbocycles. The number of nitrogens with one attached hydrogen (secondary N) is 2. The Bertz CT molecular complexity index is 1000. The Hall–Kier alpha value is -3.65. The third kappa shape index (κ3) is 6.68. The number of likely N-dealkylation sites (N-methyl/N-ethyl adjacent to an activating group) is 1. The molecule has 3 rings (SSSR count). The molecule has 0 saturated heterocycles. The second-order valence-corrected chi connectivity index (χ2v) is 7.25. The lowest BCUT2D eigenvalue weighted by Gasteiger charge is -2.23. The van der Waals surface area contributed by atoms with Gasteiger partial charge >= 0.3 is 0 Å². The Balaban J connectivity index is 1.46. The van der Waals surface area contributed by atoms with Crippen LogP contribution in [0.5, 0.6) is 5.75 Å². The first-order valence-electron chi connectivity index (χ1n) is 9.92. The maximum atomic E-state index is 12.5. The Morgan fingerprint density at radius 1 is 1.10 bits per heavy atom. The van der Waals surface area contributed by atoms with Crippen molar-refractivity contribution in [3.8, 4) is 5.75 Å². The van der Waals surface area contributed by atoms with Gasteiger partial charge in [-0.3, -0.25) is 14.5 Å². The van der Waals surface area contributed by atoms with Crippen LogP contribution in [0.3, 0.4) is 0 Å². The molecule has 1 atom stereocenters. The SMILES string of the molecule is Cc1cc(NC(=O)CN(C)C(C)C(=O)Nc2ccc(OCc3ccccc3)cc2)no1. The average Bonchev–Trinajstić information content (AvgIpc) is 3.17. The molecular weight excluding hydrogens is 396 g/mol. The first kappa shape index (κ1) is 22.0. The van der Waals surface area contributed by atoms with Crippen molar-refractivity contribution in [2.24, 2.45) is 0 Å². The van der Waals surface area contributed by atoms with Crippen molar-refractivity contribution in [3.63, 3.8) is 0 Å². The number of aryl methyl sites for hydroxylation is 1. The fraction of sp³-hybridized carbons (Fsp3) is 0.261. The van der Waals surface area contributed by atoms with E-state index in [-0.39, 0.29) is 18.4 Å². The van der Waals surface area contributed by atoms with Gasteiger partial charge < -0.3 is 19.9 Å². The summed E-state index contributed by atoms with van der Waals surface area (Å²) in [6.07, 6.45) is 0. The second-order valence-electron chi connectivity index (χ2n) is 7.25. The molecule has 1 heterocycles. The molecule has 2 amide bonds. The normalized spacial score (nSPS) is 11.7. The number of amides is 2. The third-order valence-electron chi connectivity index (χ3n) is 4.70. The van der Waals surface area contributed by atoms with Crippen LogP contribution in [-0.2, 0) is 16.2 Å². The van der Waals surface area contributed by atoms with Gasteiger partial charge in [0.05, 0.1) is 12.6 Å². The van der Waals surface area contributed by atoms with E-state index >= 15 is 0 Å². The number of anilines is 2. The molecule has 0 radical (unpaired) electrons. The van der Waals surface area contributed by atoms with E-state index in [9.17, 15) is 9.59 Å². The summed E-state index contributed by atoms with van der Waals surface area (Å²) in [5.41, 5.74) is 1.74. The standard InChI is InChI=1S/C23H26N4O4/c1-16-13-21(26-31-16)25-22(28)14-27(3)17(2)23(29)24-19-9-11-20(12-10-19)30-15-18-7-5-4-6-8-18/h4-13,17H,14-15H2,1-3H3,(H,24,29)(H,25,26,28). The van der Waals surface area contributed by atoms with Crippen LogP contribution < -0.4 is 15.4 Å². The van der Waals surface area contributed by atoms with Gasteiger partial charge in [-0.15, -0.1) is 0 Å². The molecule has 8 heteroatoms. The van der Waals surface area contributed by atoms with Crippen molar-refractivity contribution in [2.45, 2.75) is 26.5 Å². The number of aromatic nitrogens is 1.